The Morgan fingerprint density at radius 1 is 1.20 bits per heavy atom. The molecule has 0 aliphatic carbocycles. The molecule has 0 N–H and O–H groups in total. The first-order valence-corrected chi connectivity index (χ1v) is 6.73. The highest BCUT2D eigenvalue weighted by molar-refractivity contribution is 6.35. The summed E-state index contributed by atoms with van der Waals surface area (Å²) < 4.78 is 10.4. The Bertz CT molecular complexity index is 635. The van der Waals surface area contributed by atoms with E-state index in [2.05, 4.69) is 0 Å². The zero-order valence-corrected chi connectivity index (χ0v) is 11.9. The molecule has 0 aliphatic heterocycles. The number of carbonyl (C=O) groups excluding carboxylic acids is 1. The molecule has 2 aromatic carbocycles. The summed E-state index contributed by atoms with van der Waals surface area (Å²) >= 11 is 6.14. The molecule has 4 heteroatoms. The minimum atomic E-state index is -0.364. The summed E-state index contributed by atoms with van der Waals surface area (Å²) in [6.45, 7) is 2.43. The summed E-state index contributed by atoms with van der Waals surface area (Å²) in [7, 11) is 0. The standard InChI is InChI=1S/C16H15ClO3/c1-2-19-16(18)8-5-11-20-15-10-9-14(17)12-6-3-4-7-13(12)15/h3-10H,2,11H2,1H3/b8-5+. The number of hydrogen-bond acceptors (Lipinski definition) is 3. The second-order valence-corrected chi connectivity index (χ2v) is 4.46. The molecule has 0 aliphatic rings. The number of benzene rings is 2. The number of halogens is 1. The maximum Gasteiger partial charge on any atom is 0.330 e. The molecule has 104 valence electrons. The van der Waals surface area contributed by atoms with Gasteiger partial charge in [-0.25, -0.2) is 4.79 Å². The molecule has 0 spiro atoms. The Morgan fingerprint density at radius 2 is 1.95 bits per heavy atom. The van der Waals surface area contributed by atoms with Crippen molar-refractivity contribution in [3.05, 3.63) is 53.6 Å². The summed E-state index contributed by atoms with van der Waals surface area (Å²) in [5.41, 5.74) is 0. The highest BCUT2D eigenvalue weighted by atomic mass is 35.5. The van der Waals surface area contributed by atoms with Gasteiger partial charge in [-0.05, 0) is 25.1 Å². The highest BCUT2D eigenvalue weighted by Crippen LogP contribution is 2.31. The summed E-state index contributed by atoms with van der Waals surface area (Å²) in [4.78, 5) is 11.1. The molecule has 0 atom stereocenters. The first-order valence-electron chi connectivity index (χ1n) is 6.35. The van der Waals surface area contributed by atoms with Crippen molar-refractivity contribution < 1.29 is 14.3 Å². The monoisotopic (exact) mass is 290 g/mol. The van der Waals surface area contributed by atoms with Crippen LogP contribution in [0.5, 0.6) is 5.75 Å². The Labute approximate surface area is 122 Å². The number of rotatable bonds is 5. The molecule has 0 radical (unpaired) electrons. The molecular weight excluding hydrogens is 276 g/mol. The van der Waals surface area contributed by atoms with Crippen LogP contribution in [0.2, 0.25) is 5.02 Å². The maximum absolute atomic E-state index is 11.1. The largest absolute Gasteiger partial charge is 0.489 e. The fourth-order valence-electron chi connectivity index (χ4n) is 1.83. The van der Waals surface area contributed by atoms with Gasteiger partial charge in [0.25, 0.3) is 0 Å². The van der Waals surface area contributed by atoms with E-state index < -0.39 is 0 Å². The normalized spacial score (nSPS) is 10.9. The van der Waals surface area contributed by atoms with Crippen molar-refractivity contribution in [1.29, 1.82) is 0 Å². The van der Waals surface area contributed by atoms with Gasteiger partial charge in [0, 0.05) is 21.9 Å². The number of ether oxygens (including phenoxy) is 2. The Hall–Kier alpha value is -2.00. The molecule has 0 fully saturated rings. The molecule has 20 heavy (non-hydrogen) atoms. The molecule has 0 amide bonds. The van der Waals surface area contributed by atoms with Gasteiger partial charge in [-0.2, -0.15) is 0 Å². The van der Waals surface area contributed by atoms with Crippen LogP contribution in [-0.2, 0) is 9.53 Å². The second kappa shape index (κ2) is 6.96. The van der Waals surface area contributed by atoms with Crippen LogP contribution in [0.1, 0.15) is 6.92 Å². The van der Waals surface area contributed by atoms with E-state index in [1.54, 1.807) is 19.1 Å². The predicted octanol–water partition coefficient (Wildman–Crippen LogP) is 3.99. The van der Waals surface area contributed by atoms with E-state index in [0.29, 0.717) is 18.2 Å². The van der Waals surface area contributed by atoms with E-state index in [0.717, 1.165) is 16.5 Å². The Balaban J connectivity index is 2.07. The molecule has 2 rings (SSSR count). The maximum atomic E-state index is 11.1. The summed E-state index contributed by atoms with van der Waals surface area (Å²) in [6, 6.07) is 11.4. The molecule has 3 nitrogen and oxygen atoms in total. The lowest BCUT2D eigenvalue weighted by molar-refractivity contribution is -0.137. The molecule has 2 aromatic rings. The van der Waals surface area contributed by atoms with Gasteiger partial charge < -0.3 is 9.47 Å². The SMILES string of the molecule is CCOC(=O)/C=C/COc1ccc(Cl)c2ccccc12. The van der Waals surface area contributed by atoms with Crippen LogP contribution >= 0.6 is 11.6 Å². The minimum Gasteiger partial charge on any atom is -0.489 e. The molecule has 0 saturated heterocycles. The van der Waals surface area contributed by atoms with Gasteiger partial charge in [-0.3, -0.25) is 0 Å². The number of fused-ring (bicyclic) bond motifs is 1. The van der Waals surface area contributed by atoms with E-state index in [-0.39, 0.29) is 5.97 Å². The summed E-state index contributed by atoms with van der Waals surface area (Å²) in [5, 5.41) is 2.58. The number of hydrogen-bond donors (Lipinski definition) is 0. The molecule has 0 saturated carbocycles. The van der Waals surface area contributed by atoms with Crippen molar-refractivity contribution in [3.63, 3.8) is 0 Å². The van der Waals surface area contributed by atoms with Gasteiger partial charge in [-0.15, -0.1) is 0 Å². The van der Waals surface area contributed by atoms with E-state index in [1.165, 1.54) is 6.08 Å². The van der Waals surface area contributed by atoms with Crippen LogP contribution in [-0.4, -0.2) is 19.2 Å². The lowest BCUT2D eigenvalue weighted by atomic mass is 10.1. The zero-order chi connectivity index (χ0) is 14.4. The van der Waals surface area contributed by atoms with Crippen molar-refractivity contribution in [3.8, 4) is 5.75 Å². The third-order valence-corrected chi connectivity index (χ3v) is 3.04. The number of esters is 1. The summed E-state index contributed by atoms with van der Waals surface area (Å²) in [5.74, 6) is 0.371. The summed E-state index contributed by atoms with van der Waals surface area (Å²) in [6.07, 6.45) is 2.99. The topological polar surface area (TPSA) is 35.5 Å². The van der Waals surface area contributed by atoms with Crippen molar-refractivity contribution in [2.24, 2.45) is 0 Å². The molecule has 0 bridgehead atoms. The van der Waals surface area contributed by atoms with Crippen molar-refractivity contribution in [2.45, 2.75) is 6.92 Å². The van der Waals surface area contributed by atoms with Crippen molar-refractivity contribution in [2.75, 3.05) is 13.2 Å². The fourth-order valence-corrected chi connectivity index (χ4v) is 2.06. The van der Waals surface area contributed by atoms with Crippen molar-refractivity contribution in [1.82, 2.24) is 0 Å². The molecule has 0 aromatic heterocycles. The van der Waals surface area contributed by atoms with Gasteiger partial charge in [0.1, 0.15) is 12.4 Å². The highest BCUT2D eigenvalue weighted by Gasteiger charge is 2.04. The van der Waals surface area contributed by atoms with Gasteiger partial charge in [0.2, 0.25) is 0 Å². The molecular formula is C16H15ClO3. The average molecular weight is 291 g/mol. The van der Waals surface area contributed by atoms with Crippen LogP contribution in [0.25, 0.3) is 10.8 Å². The van der Waals surface area contributed by atoms with Crippen LogP contribution in [0.4, 0.5) is 0 Å². The molecule has 0 heterocycles. The van der Waals surface area contributed by atoms with E-state index >= 15 is 0 Å². The lowest BCUT2D eigenvalue weighted by Gasteiger charge is -2.08. The smallest absolute Gasteiger partial charge is 0.330 e. The lowest BCUT2D eigenvalue weighted by Crippen LogP contribution is -2.01. The van der Waals surface area contributed by atoms with E-state index in [4.69, 9.17) is 21.1 Å². The van der Waals surface area contributed by atoms with Gasteiger partial charge in [0.15, 0.2) is 0 Å². The van der Waals surface area contributed by atoms with E-state index in [1.807, 2.05) is 30.3 Å². The average Bonchev–Trinajstić information content (AvgIpc) is 2.46. The predicted molar refractivity (Wildman–Crippen MR) is 80.2 cm³/mol. The Morgan fingerprint density at radius 3 is 2.70 bits per heavy atom. The quantitative estimate of drug-likeness (QED) is 0.617. The number of carbonyl (C=O) groups is 1. The van der Waals surface area contributed by atoms with Gasteiger partial charge in [-0.1, -0.05) is 35.9 Å². The zero-order valence-electron chi connectivity index (χ0n) is 11.1. The van der Waals surface area contributed by atoms with Crippen LogP contribution in [0.3, 0.4) is 0 Å². The second-order valence-electron chi connectivity index (χ2n) is 4.06. The van der Waals surface area contributed by atoms with Gasteiger partial charge >= 0.3 is 5.97 Å². The van der Waals surface area contributed by atoms with Crippen LogP contribution in [0.15, 0.2) is 48.6 Å². The molecule has 0 unspecified atom stereocenters. The van der Waals surface area contributed by atoms with Crippen LogP contribution < -0.4 is 4.74 Å². The van der Waals surface area contributed by atoms with E-state index in [9.17, 15) is 4.79 Å². The van der Waals surface area contributed by atoms with Gasteiger partial charge in [0.05, 0.1) is 6.61 Å². The first-order chi connectivity index (χ1) is 9.72. The third-order valence-electron chi connectivity index (χ3n) is 2.71. The minimum absolute atomic E-state index is 0.296. The fraction of sp³-hybridized carbons (Fsp3) is 0.188. The van der Waals surface area contributed by atoms with Crippen molar-refractivity contribution >= 4 is 28.3 Å². The Kier molecular flexibility index (Phi) is 5.02. The first kappa shape index (κ1) is 14.4. The van der Waals surface area contributed by atoms with Crippen LogP contribution in [0, 0.1) is 0 Å². The third kappa shape index (κ3) is 3.52.